The number of likely N-dealkylation sites (N-methyl/N-ethyl adjacent to an activating group) is 1. The van der Waals surface area contributed by atoms with Crippen LogP contribution in [0.3, 0.4) is 0 Å². The van der Waals surface area contributed by atoms with Gasteiger partial charge < -0.3 is 20.7 Å². The predicted octanol–water partition coefficient (Wildman–Crippen LogP) is 0.938. The van der Waals surface area contributed by atoms with Crippen molar-refractivity contribution in [3.8, 4) is 0 Å². The van der Waals surface area contributed by atoms with E-state index in [1.54, 1.807) is 0 Å². The molecule has 0 radical (unpaired) electrons. The monoisotopic (exact) mass is 339 g/mol. The van der Waals surface area contributed by atoms with Crippen LogP contribution in [0.1, 0.15) is 31.1 Å². The molecule has 0 aliphatic heterocycles. The van der Waals surface area contributed by atoms with Crippen LogP contribution in [0.15, 0.2) is 18.2 Å². The summed E-state index contributed by atoms with van der Waals surface area (Å²) in [4.78, 5) is 36.6. The van der Waals surface area contributed by atoms with E-state index in [9.17, 15) is 18.8 Å². The van der Waals surface area contributed by atoms with Crippen LogP contribution >= 0.6 is 0 Å². The second kappa shape index (κ2) is 7.76. The highest BCUT2D eigenvalue weighted by Gasteiger charge is 2.19. The van der Waals surface area contributed by atoms with Gasteiger partial charge >= 0.3 is 5.97 Å². The quantitative estimate of drug-likeness (QED) is 0.614. The Morgan fingerprint density at radius 3 is 2.46 bits per heavy atom. The van der Waals surface area contributed by atoms with E-state index in [2.05, 4.69) is 5.32 Å². The molecule has 0 spiro atoms. The van der Waals surface area contributed by atoms with Gasteiger partial charge in [0.1, 0.15) is 5.82 Å². The van der Waals surface area contributed by atoms with Gasteiger partial charge in [-0.05, 0) is 39.0 Å². The number of ether oxygens (including phenoxy) is 1. The fourth-order valence-electron chi connectivity index (χ4n) is 1.80. The smallest absolute Gasteiger partial charge is 0.340 e. The molecular formula is C16H22FN3O4. The van der Waals surface area contributed by atoms with Crippen molar-refractivity contribution in [1.82, 2.24) is 10.2 Å². The number of anilines is 1. The summed E-state index contributed by atoms with van der Waals surface area (Å²) in [6.45, 7) is 4.76. The van der Waals surface area contributed by atoms with Gasteiger partial charge in [0.15, 0.2) is 6.61 Å². The van der Waals surface area contributed by atoms with Crippen molar-refractivity contribution in [2.75, 3.05) is 25.9 Å². The number of esters is 1. The summed E-state index contributed by atoms with van der Waals surface area (Å²) in [5.41, 5.74) is 5.01. The number of nitrogens with zero attached hydrogens (tertiary/aromatic N) is 1. The number of carbonyl (C=O) groups excluding carboxylic acids is 3. The number of benzene rings is 1. The second-order valence-electron chi connectivity index (χ2n) is 6.36. The van der Waals surface area contributed by atoms with Crippen LogP contribution in [-0.4, -0.2) is 48.4 Å². The zero-order valence-corrected chi connectivity index (χ0v) is 14.2. The van der Waals surface area contributed by atoms with Gasteiger partial charge in [0.25, 0.3) is 5.91 Å². The molecule has 1 aromatic carbocycles. The number of nitrogen functional groups attached to an aromatic ring is 1. The number of rotatable bonds is 5. The lowest BCUT2D eigenvalue weighted by Gasteiger charge is -2.23. The average Bonchev–Trinajstić information content (AvgIpc) is 2.42. The molecule has 0 saturated heterocycles. The summed E-state index contributed by atoms with van der Waals surface area (Å²) in [5.74, 6) is -2.29. The molecule has 8 heteroatoms. The molecule has 0 saturated carbocycles. The first-order valence-corrected chi connectivity index (χ1v) is 7.27. The Labute approximate surface area is 139 Å². The molecule has 24 heavy (non-hydrogen) atoms. The zero-order valence-electron chi connectivity index (χ0n) is 14.2. The highest BCUT2D eigenvalue weighted by molar-refractivity contribution is 5.96. The lowest BCUT2D eigenvalue weighted by Crippen LogP contribution is -2.46. The van der Waals surface area contributed by atoms with Gasteiger partial charge in [-0.1, -0.05) is 0 Å². The number of hydrogen-bond acceptors (Lipinski definition) is 5. The number of hydrogen-bond donors (Lipinski definition) is 2. The highest BCUT2D eigenvalue weighted by Crippen LogP contribution is 2.14. The van der Waals surface area contributed by atoms with Gasteiger partial charge in [-0.25, -0.2) is 9.18 Å². The Morgan fingerprint density at radius 1 is 1.29 bits per heavy atom. The van der Waals surface area contributed by atoms with E-state index in [0.717, 1.165) is 17.0 Å². The summed E-state index contributed by atoms with van der Waals surface area (Å²) >= 11 is 0. The molecular weight excluding hydrogens is 317 g/mol. The molecule has 7 nitrogen and oxygen atoms in total. The Morgan fingerprint density at radius 2 is 1.92 bits per heavy atom. The fraction of sp³-hybridized carbons (Fsp3) is 0.438. The van der Waals surface area contributed by atoms with Crippen molar-refractivity contribution in [3.05, 3.63) is 29.6 Å². The number of carbonyl (C=O) groups is 3. The molecule has 1 aromatic rings. The summed E-state index contributed by atoms with van der Waals surface area (Å²) in [7, 11) is 1.42. The summed E-state index contributed by atoms with van der Waals surface area (Å²) < 4.78 is 17.8. The molecule has 0 atom stereocenters. The van der Waals surface area contributed by atoms with E-state index in [1.165, 1.54) is 13.1 Å². The molecule has 3 N–H and O–H groups in total. The van der Waals surface area contributed by atoms with Gasteiger partial charge in [0.2, 0.25) is 5.91 Å². The van der Waals surface area contributed by atoms with Crippen LogP contribution in [0.4, 0.5) is 10.1 Å². The summed E-state index contributed by atoms with van der Waals surface area (Å²) in [6.07, 6.45) is 0. The summed E-state index contributed by atoms with van der Waals surface area (Å²) in [6, 6.07) is 3.23. The van der Waals surface area contributed by atoms with Crippen LogP contribution in [-0.2, 0) is 14.3 Å². The molecule has 1 rings (SSSR count). The number of nitrogens with one attached hydrogen (secondary N) is 1. The molecule has 0 aromatic heterocycles. The first kappa shape index (κ1) is 19.4. The van der Waals surface area contributed by atoms with Crippen LogP contribution in [0, 0.1) is 5.82 Å². The third-order valence-corrected chi connectivity index (χ3v) is 2.88. The summed E-state index contributed by atoms with van der Waals surface area (Å²) in [5, 5.41) is 2.72. The van der Waals surface area contributed by atoms with Gasteiger partial charge in [0, 0.05) is 18.3 Å². The maximum absolute atomic E-state index is 12.9. The Balaban J connectivity index is 2.53. The number of halogens is 1. The predicted molar refractivity (Wildman–Crippen MR) is 86.6 cm³/mol. The fourth-order valence-corrected chi connectivity index (χ4v) is 1.80. The molecule has 132 valence electrons. The van der Waals surface area contributed by atoms with E-state index >= 15 is 0 Å². The molecule has 0 bridgehead atoms. The lowest BCUT2D eigenvalue weighted by molar-refractivity contribution is -0.137. The van der Waals surface area contributed by atoms with Crippen LogP contribution < -0.4 is 11.1 Å². The third kappa shape index (κ3) is 6.23. The van der Waals surface area contributed by atoms with E-state index in [1.807, 2.05) is 20.8 Å². The first-order valence-electron chi connectivity index (χ1n) is 7.27. The van der Waals surface area contributed by atoms with Gasteiger partial charge in [-0.2, -0.15) is 0 Å². The second-order valence-corrected chi connectivity index (χ2v) is 6.36. The van der Waals surface area contributed by atoms with Crippen molar-refractivity contribution in [2.45, 2.75) is 26.3 Å². The highest BCUT2D eigenvalue weighted by atomic mass is 19.1. The van der Waals surface area contributed by atoms with E-state index in [-0.39, 0.29) is 23.7 Å². The van der Waals surface area contributed by atoms with E-state index in [0.29, 0.717) is 0 Å². The van der Waals surface area contributed by atoms with Crippen LogP contribution in [0.2, 0.25) is 0 Å². The molecule has 0 unspecified atom stereocenters. The standard InChI is InChI=1S/C16H22FN3O4/c1-16(2,3)19-13(21)8-20(4)14(22)9-24-15(23)11-6-5-10(17)7-12(11)18/h5-7H,8-9,18H2,1-4H3,(H,19,21). The molecule has 0 aliphatic rings. The maximum Gasteiger partial charge on any atom is 0.340 e. The van der Waals surface area contributed by atoms with Gasteiger partial charge in [-0.15, -0.1) is 0 Å². The maximum atomic E-state index is 12.9. The van der Waals surface area contributed by atoms with Crippen molar-refractivity contribution in [1.29, 1.82) is 0 Å². The molecule has 0 aliphatic carbocycles. The van der Waals surface area contributed by atoms with Crippen molar-refractivity contribution >= 4 is 23.5 Å². The Hall–Kier alpha value is -2.64. The Bertz CT molecular complexity index is 641. The molecule has 0 fully saturated rings. The molecule has 0 heterocycles. The number of amides is 2. The molecule has 2 amide bonds. The van der Waals surface area contributed by atoms with E-state index in [4.69, 9.17) is 10.5 Å². The Kier molecular flexibility index (Phi) is 6.27. The van der Waals surface area contributed by atoms with Crippen LogP contribution in [0.5, 0.6) is 0 Å². The van der Waals surface area contributed by atoms with Crippen molar-refractivity contribution in [2.24, 2.45) is 0 Å². The van der Waals surface area contributed by atoms with Crippen molar-refractivity contribution < 1.29 is 23.5 Å². The van der Waals surface area contributed by atoms with E-state index < -0.39 is 29.8 Å². The average molecular weight is 339 g/mol. The first-order chi connectivity index (χ1) is 11.0. The largest absolute Gasteiger partial charge is 0.452 e. The minimum Gasteiger partial charge on any atom is -0.452 e. The zero-order chi connectivity index (χ0) is 18.5. The van der Waals surface area contributed by atoms with Crippen LogP contribution in [0.25, 0.3) is 0 Å². The minimum atomic E-state index is -0.839. The lowest BCUT2D eigenvalue weighted by atomic mass is 10.1. The number of nitrogens with two attached hydrogens (primary N) is 1. The topological polar surface area (TPSA) is 102 Å². The minimum absolute atomic E-state index is 0.0303. The van der Waals surface area contributed by atoms with Crippen molar-refractivity contribution in [3.63, 3.8) is 0 Å². The van der Waals surface area contributed by atoms with Gasteiger partial charge in [0.05, 0.1) is 12.1 Å². The SMILES string of the molecule is CN(CC(=O)NC(C)(C)C)C(=O)COC(=O)c1ccc(F)cc1N. The normalized spacial score (nSPS) is 10.9. The third-order valence-electron chi connectivity index (χ3n) is 2.88. The van der Waals surface area contributed by atoms with Gasteiger partial charge in [-0.3, -0.25) is 9.59 Å².